The van der Waals surface area contributed by atoms with Gasteiger partial charge < -0.3 is 20.3 Å². The summed E-state index contributed by atoms with van der Waals surface area (Å²) >= 11 is 0. The fourth-order valence-corrected chi connectivity index (χ4v) is 14.1. The second kappa shape index (κ2) is 12.5. The first-order valence-corrected chi connectivity index (χ1v) is 20.4. The van der Waals surface area contributed by atoms with E-state index in [1.165, 1.54) is 56.9 Å². The third-order valence-corrected chi connectivity index (χ3v) is 16.8. The number of hydrogen-bond donors (Lipinski definition) is 3. The highest BCUT2D eigenvalue weighted by atomic mass is 16.5. The van der Waals surface area contributed by atoms with Crippen molar-refractivity contribution < 1.29 is 24.5 Å². The summed E-state index contributed by atoms with van der Waals surface area (Å²) in [6, 6.07) is 0.500. The van der Waals surface area contributed by atoms with Crippen molar-refractivity contribution in [1.82, 2.24) is 5.32 Å². The summed E-state index contributed by atoms with van der Waals surface area (Å²) in [6.07, 6.45) is 18.8. The average molecular weight is 678 g/mol. The molecular weight excluding hydrogens is 610 g/mol. The predicted molar refractivity (Wildman–Crippen MR) is 194 cm³/mol. The summed E-state index contributed by atoms with van der Waals surface area (Å²) in [5.41, 5.74) is 1.77. The molecule has 0 aromatic heterocycles. The minimum Gasteiger partial charge on any atom is -0.494 e. The number of aliphatic hydroxyl groups is 1. The van der Waals surface area contributed by atoms with Crippen LogP contribution in [0.5, 0.6) is 0 Å². The van der Waals surface area contributed by atoms with Crippen molar-refractivity contribution >= 4 is 11.8 Å². The van der Waals surface area contributed by atoms with Crippen LogP contribution in [0.1, 0.15) is 151 Å². The van der Waals surface area contributed by atoms with Crippen LogP contribution in [0.15, 0.2) is 23.0 Å². The normalized spacial score (nSPS) is 45.9. The van der Waals surface area contributed by atoms with Crippen molar-refractivity contribution in [2.24, 2.45) is 56.7 Å². The molecule has 0 radical (unpaired) electrons. The third kappa shape index (κ3) is 5.36. The summed E-state index contributed by atoms with van der Waals surface area (Å²) in [5.74, 6) is 2.78. The summed E-state index contributed by atoms with van der Waals surface area (Å²) in [6.45, 7) is 16.9. The van der Waals surface area contributed by atoms with Crippen LogP contribution >= 0.6 is 0 Å². The number of ether oxygens (including phenoxy) is 1. The average Bonchev–Trinajstić information content (AvgIpc) is 3.37. The van der Waals surface area contributed by atoms with E-state index in [-0.39, 0.29) is 28.3 Å². The number of carbonyl (C=O) groups excluding carboxylic acids is 1. The smallest absolute Gasteiger partial charge is 0.313 e. The molecule has 10 unspecified atom stereocenters. The summed E-state index contributed by atoms with van der Waals surface area (Å²) < 4.78 is 6.73. The van der Waals surface area contributed by atoms with E-state index in [1.54, 1.807) is 6.92 Å². The minimum atomic E-state index is -0.791. The van der Waals surface area contributed by atoms with Crippen molar-refractivity contribution in [2.75, 3.05) is 6.54 Å². The molecule has 5 saturated carbocycles. The molecule has 0 aromatic rings. The Morgan fingerprint density at radius 2 is 1.61 bits per heavy atom. The van der Waals surface area contributed by atoms with Gasteiger partial charge in [-0.25, -0.2) is 0 Å². The Morgan fingerprint density at radius 3 is 2.27 bits per heavy atom. The van der Waals surface area contributed by atoms with Gasteiger partial charge in [-0.3, -0.25) is 9.59 Å². The monoisotopic (exact) mass is 678 g/mol. The largest absolute Gasteiger partial charge is 0.494 e. The number of carboxylic acids is 1. The molecule has 0 amide bonds. The Hall–Kier alpha value is -1.66. The first-order chi connectivity index (χ1) is 23.1. The van der Waals surface area contributed by atoms with Crippen molar-refractivity contribution in [3.8, 4) is 0 Å². The molecule has 11 atom stereocenters. The first-order valence-electron chi connectivity index (χ1n) is 20.4. The van der Waals surface area contributed by atoms with Crippen molar-refractivity contribution in [1.29, 1.82) is 0 Å². The lowest BCUT2D eigenvalue weighted by atomic mass is 9.36. The van der Waals surface area contributed by atoms with E-state index in [1.807, 2.05) is 6.08 Å². The van der Waals surface area contributed by atoms with Gasteiger partial charge in [0, 0.05) is 36.3 Å². The Bertz CT molecular complexity index is 1390. The summed E-state index contributed by atoms with van der Waals surface area (Å²) in [5, 5.41) is 25.5. The highest BCUT2D eigenvalue weighted by molar-refractivity contribution is 6.00. The van der Waals surface area contributed by atoms with Crippen molar-refractivity contribution in [2.45, 2.75) is 169 Å². The summed E-state index contributed by atoms with van der Waals surface area (Å²) in [4.78, 5) is 25.7. The number of hydrogen-bond acceptors (Lipinski definition) is 5. The number of fused-ring (bicyclic) bond motifs is 7. The number of ketones is 1. The van der Waals surface area contributed by atoms with Gasteiger partial charge >= 0.3 is 5.97 Å². The molecule has 49 heavy (non-hydrogen) atoms. The minimum absolute atomic E-state index is 0.0452. The molecule has 0 bridgehead atoms. The third-order valence-electron chi connectivity index (χ3n) is 16.8. The molecule has 7 aliphatic rings. The number of rotatable bonds is 9. The van der Waals surface area contributed by atoms with Gasteiger partial charge in [0.05, 0.1) is 17.3 Å². The fraction of sp³-hybridized carbons (Fsp3) is 0.860. The molecule has 0 aromatic carbocycles. The van der Waals surface area contributed by atoms with E-state index in [4.69, 9.17) is 4.74 Å². The van der Waals surface area contributed by atoms with E-state index in [2.05, 4.69) is 46.9 Å². The Balaban J connectivity index is 1.14. The number of allylic oxidation sites excluding steroid dienone is 2. The lowest BCUT2D eigenvalue weighted by Crippen LogP contribution is -2.63. The fourth-order valence-electron chi connectivity index (χ4n) is 14.1. The maximum absolute atomic E-state index is 13.9. The van der Waals surface area contributed by atoms with Crippen LogP contribution in [0.25, 0.3) is 0 Å². The number of aliphatic hydroxyl groups excluding tert-OH is 1. The molecule has 6 heteroatoms. The van der Waals surface area contributed by atoms with Gasteiger partial charge in [0.2, 0.25) is 0 Å². The molecule has 7 rings (SSSR count). The van der Waals surface area contributed by atoms with Crippen LogP contribution in [-0.2, 0) is 14.3 Å². The predicted octanol–water partition coefficient (Wildman–Crippen LogP) is 9.01. The zero-order valence-electron chi connectivity index (χ0n) is 31.8. The van der Waals surface area contributed by atoms with E-state index in [9.17, 15) is 19.8 Å². The Kier molecular flexibility index (Phi) is 9.11. The molecular formula is C43H67NO5. The topological polar surface area (TPSA) is 95.9 Å². The number of Topliss-reactive ketones (excluding diaryl/α,β-unsaturated/α-hetero) is 1. The van der Waals surface area contributed by atoms with Gasteiger partial charge in [-0.15, -0.1) is 0 Å². The van der Waals surface area contributed by atoms with E-state index in [0.717, 1.165) is 49.9 Å². The Morgan fingerprint density at radius 1 is 0.918 bits per heavy atom. The second-order valence-corrected chi connectivity index (χ2v) is 19.5. The lowest BCUT2D eigenvalue weighted by Gasteiger charge is -2.69. The van der Waals surface area contributed by atoms with Gasteiger partial charge in [0.15, 0.2) is 5.78 Å². The van der Waals surface area contributed by atoms with E-state index < -0.39 is 22.9 Å². The number of carbonyl (C=O) groups is 2. The van der Waals surface area contributed by atoms with Crippen LogP contribution in [-0.4, -0.2) is 46.8 Å². The molecule has 6 nitrogen and oxygen atoms in total. The molecule has 0 saturated heterocycles. The van der Waals surface area contributed by atoms with Crippen LogP contribution in [0.2, 0.25) is 0 Å². The van der Waals surface area contributed by atoms with E-state index >= 15 is 0 Å². The standard InChI is InChI=1S/C43H67NO5/c1-8-40(5)33-17-19-41(6)30-16-21-43(34(46)25-44-27-12-10-9-11-13-27)24-31(45)36(26(2)3)37(43)29(30)14-15-32(41)42(33,7)20-18-35(40)49-28-22-39(4,23-28)38(47)48/h22,26-27,29-30,32-35,44,46H,8-21,23-25H2,1-7H3,(H,47,48)/t29?,30?,32?,33-,34?,35?,39?,40?,41?,42?,43?/m0/s1. The van der Waals surface area contributed by atoms with Crippen molar-refractivity contribution in [3.05, 3.63) is 23.0 Å². The van der Waals surface area contributed by atoms with Gasteiger partial charge in [-0.1, -0.05) is 66.4 Å². The SMILES string of the molecule is CCC1(C)C(OC2=CC(C)(C(=O)O)C2)CCC2(C)C3CCC4C5=C(C(C)C)C(=O)CC5(C(O)CNC5CCCCC5)CCC4C3(C)CC[C@@H]12. The molecule has 274 valence electrons. The number of aliphatic carboxylic acids is 1. The molecule has 0 spiro atoms. The first kappa shape index (κ1) is 35.7. The maximum Gasteiger partial charge on any atom is 0.313 e. The number of nitrogens with one attached hydrogen (secondary N) is 1. The molecule has 5 fully saturated rings. The molecule has 0 aliphatic heterocycles. The molecule has 0 heterocycles. The van der Waals surface area contributed by atoms with Gasteiger partial charge in [-0.2, -0.15) is 0 Å². The van der Waals surface area contributed by atoms with Crippen molar-refractivity contribution in [3.63, 3.8) is 0 Å². The van der Waals surface area contributed by atoms with Crippen LogP contribution in [0, 0.1) is 56.7 Å². The number of carboxylic acid groups (broad SMARTS) is 1. The quantitative estimate of drug-likeness (QED) is 0.226. The highest BCUT2D eigenvalue weighted by Crippen LogP contribution is 2.73. The van der Waals surface area contributed by atoms with Gasteiger partial charge in [-0.05, 0) is 130 Å². The lowest BCUT2D eigenvalue weighted by molar-refractivity contribution is -0.214. The summed E-state index contributed by atoms with van der Waals surface area (Å²) in [7, 11) is 0. The van der Waals surface area contributed by atoms with Gasteiger partial charge in [0.1, 0.15) is 6.10 Å². The second-order valence-electron chi connectivity index (χ2n) is 19.5. The van der Waals surface area contributed by atoms with Crippen LogP contribution < -0.4 is 5.32 Å². The van der Waals surface area contributed by atoms with Gasteiger partial charge in [0.25, 0.3) is 0 Å². The molecule has 3 N–H and O–H groups in total. The van der Waals surface area contributed by atoms with Crippen LogP contribution in [0.4, 0.5) is 0 Å². The highest BCUT2D eigenvalue weighted by Gasteiger charge is 2.67. The maximum atomic E-state index is 13.9. The van der Waals surface area contributed by atoms with E-state index in [0.29, 0.717) is 54.9 Å². The van der Waals surface area contributed by atoms with Crippen LogP contribution in [0.3, 0.4) is 0 Å². The molecule has 7 aliphatic carbocycles. The Labute approximate surface area is 296 Å². The zero-order chi connectivity index (χ0) is 35.1. The zero-order valence-corrected chi connectivity index (χ0v) is 31.8.